The fourth-order valence-corrected chi connectivity index (χ4v) is 2.83. The topological polar surface area (TPSA) is 99.0 Å². The zero-order valence-electron chi connectivity index (χ0n) is 12.0. The number of hydrogen-bond donors (Lipinski definition) is 2. The second-order valence-corrected chi connectivity index (χ2v) is 5.34. The van der Waals surface area contributed by atoms with Crippen molar-refractivity contribution < 1.29 is 4.92 Å². The lowest BCUT2D eigenvalue weighted by Crippen LogP contribution is -2.11. The molecular weight excluding hydrogens is 270 g/mol. The van der Waals surface area contributed by atoms with Gasteiger partial charge in [0.1, 0.15) is 0 Å². The minimum atomic E-state index is -0.450. The number of nitro groups is 1. The maximum absolute atomic E-state index is 11.1. The Hall–Kier alpha value is -2.57. The number of nitrogens with zero attached hydrogens (tertiary/aromatic N) is 3. The summed E-state index contributed by atoms with van der Waals surface area (Å²) in [6, 6.07) is 5.88. The number of imidazole rings is 1. The summed E-state index contributed by atoms with van der Waals surface area (Å²) >= 11 is 0. The van der Waals surface area contributed by atoms with Gasteiger partial charge >= 0.3 is 5.82 Å². The minimum absolute atomic E-state index is 0.0501. The molecule has 1 atom stereocenters. The molecule has 1 aliphatic carbocycles. The van der Waals surface area contributed by atoms with Crippen LogP contribution in [0.1, 0.15) is 29.4 Å². The second-order valence-electron chi connectivity index (χ2n) is 5.34. The Balaban J connectivity index is 1.95. The van der Waals surface area contributed by atoms with Crippen LogP contribution < -0.4 is 11.1 Å². The number of fused-ring (bicyclic) bond motifs is 1. The molecular formula is C14H17N5O2. The summed E-state index contributed by atoms with van der Waals surface area (Å²) in [4.78, 5) is 14.7. The standard InChI is InChI=1S/C14H17N5O2/c1-8-16-14(19(20)21)13(18(8)2)17-12-6-3-9-7-10(15)4-5-11(9)12/h4-5,7,12,17H,3,6,15H2,1-2H3. The highest BCUT2D eigenvalue weighted by molar-refractivity contribution is 5.57. The number of anilines is 2. The second kappa shape index (κ2) is 4.76. The molecule has 3 N–H and O–H groups in total. The molecule has 0 saturated heterocycles. The van der Waals surface area contributed by atoms with E-state index in [-0.39, 0.29) is 11.9 Å². The van der Waals surface area contributed by atoms with Crippen molar-refractivity contribution in [2.75, 3.05) is 11.1 Å². The van der Waals surface area contributed by atoms with E-state index in [0.29, 0.717) is 11.6 Å². The average Bonchev–Trinajstić information content (AvgIpc) is 2.95. The first kappa shape index (κ1) is 13.4. The molecule has 0 bridgehead atoms. The van der Waals surface area contributed by atoms with Crippen molar-refractivity contribution in [1.29, 1.82) is 0 Å². The van der Waals surface area contributed by atoms with Crippen LogP contribution in [0.4, 0.5) is 17.3 Å². The molecule has 2 aromatic rings. The van der Waals surface area contributed by atoms with Gasteiger partial charge in [-0.25, -0.2) is 0 Å². The van der Waals surface area contributed by atoms with Crippen LogP contribution in [0, 0.1) is 17.0 Å². The average molecular weight is 287 g/mol. The molecule has 3 rings (SSSR count). The van der Waals surface area contributed by atoms with Gasteiger partial charge in [0, 0.05) is 19.7 Å². The van der Waals surface area contributed by atoms with Crippen molar-refractivity contribution in [1.82, 2.24) is 9.55 Å². The molecule has 0 aliphatic heterocycles. The zero-order chi connectivity index (χ0) is 15.1. The van der Waals surface area contributed by atoms with Gasteiger partial charge in [-0.05, 0) is 46.0 Å². The fourth-order valence-electron chi connectivity index (χ4n) is 2.83. The molecule has 1 aliphatic rings. The van der Waals surface area contributed by atoms with Crippen molar-refractivity contribution in [3.8, 4) is 0 Å². The minimum Gasteiger partial charge on any atom is -0.399 e. The predicted molar refractivity (Wildman–Crippen MR) is 80.1 cm³/mol. The lowest BCUT2D eigenvalue weighted by molar-refractivity contribution is -0.388. The van der Waals surface area contributed by atoms with Crippen LogP contribution in [-0.4, -0.2) is 14.5 Å². The van der Waals surface area contributed by atoms with Gasteiger partial charge in [-0.3, -0.25) is 4.57 Å². The summed E-state index contributed by atoms with van der Waals surface area (Å²) < 4.78 is 1.72. The van der Waals surface area contributed by atoms with E-state index in [1.807, 2.05) is 18.2 Å². The molecule has 0 fully saturated rings. The smallest absolute Gasteiger partial charge is 0.399 e. The number of nitrogens with one attached hydrogen (secondary N) is 1. The molecule has 0 amide bonds. The van der Waals surface area contributed by atoms with Crippen molar-refractivity contribution >= 4 is 17.3 Å². The maximum Gasteiger partial charge on any atom is 0.406 e. The van der Waals surface area contributed by atoms with E-state index in [2.05, 4.69) is 10.3 Å². The normalized spacial score (nSPS) is 16.8. The van der Waals surface area contributed by atoms with Crippen molar-refractivity contribution in [2.45, 2.75) is 25.8 Å². The van der Waals surface area contributed by atoms with Crippen LogP contribution in [0.15, 0.2) is 18.2 Å². The SMILES string of the molecule is Cc1nc([N+](=O)[O-])c(NC2CCc3cc(N)ccc32)n1C. The molecule has 1 aromatic carbocycles. The first-order valence-electron chi connectivity index (χ1n) is 6.80. The van der Waals surface area contributed by atoms with E-state index < -0.39 is 4.92 Å². The first-order chi connectivity index (χ1) is 9.97. The van der Waals surface area contributed by atoms with E-state index in [9.17, 15) is 10.1 Å². The van der Waals surface area contributed by atoms with Gasteiger partial charge in [-0.1, -0.05) is 6.07 Å². The third kappa shape index (κ3) is 2.20. The van der Waals surface area contributed by atoms with Gasteiger partial charge in [-0.15, -0.1) is 0 Å². The van der Waals surface area contributed by atoms with E-state index in [0.717, 1.165) is 24.1 Å². The van der Waals surface area contributed by atoms with Gasteiger partial charge in [0.2, 0.25) is 11.6 Å². The fraction of sp³-hybridized carbons (Fsp3) is 0.357. The molecule has 0 spiro atoms. The van der Waals surface area contributed by atoms with E-state index >= 15 is 0 Å². The highest BCUT2D eigenvalue weighted by Gasteiger charge is 2.29. The van der Waals surface area contributed by atoms with Crippen molar-refractivity contribution in [3.05, 3.63) is 45.3 Å². The number of nitrogens with two attached hydrogens (primary N) is 1. The lowest BCUT2D eigenvalue weighted by Gasteiger charge is -2.15. The summed E-state index contributed by atoms with van der Waals surface area (Å²) in [6.07, 6.45) is 1.81. The molecule has 0 saturated carbocycles. The third-order valence-electron chi connectivity index (χ3n) is 4.03. The van der Waals surface area contributed by atoms with Gasteiger partial charge in [0.15, 0.2) is 0 Å². The van der Waals surface area contributed by atoms with Crippen LogP contribution in [0.5, 0.6) is 0 Å². The summed E-state index contributed by atoms with van der Waals surface area (Å²) in [6.45, 7) is 1.75. The largest absolute Gasteiger partial charge is 0.406 e. The molecule has 1 heterocycles. The first-order valence-corrected chi connectivity index (χ1v) is 6.80. The number of hydrogen-bond acceptors (Lipinski definition) is 5. The quantitative estimate of drug-likeness (QED) is 0.512. The van der Waals surface area contributed by atoms with E-state index in [1.54, 1.807) is 18.5 Å². The van der Waals surface area contributed by atoms with Crippen LogP contribution in [0.3, 0.4) is 0 Å². The highest BCUT2D eigenvalue weighted by Crippen LogP contribution is 2.37. The van der Waals surface area contributed by atoms with Gasteiger partial charge in [-0.2, -0.15) is 0 Å². The highest BCUT2D eigenvalue weighted by atomic mass is 16.6. The Labute approximate surface area is 121 Å². The molecule has 7 heteroatoms. The van der Waals surface area contributed by atoms with Crippen LogP contribution >= 0.6 is 0 Å². The maximum atomic E-state index is 11.1. The number of rotatable bonds is 3. The van der Waals surface area contributed by atoms with Gasteiger partial charge in [0.05, 0.1) is 6.04 Å². The van der Waals surface area contributed by atoms with Gasteiger partial charge in [0.25, 0.3) is 0 Å². The zero-order valence-corrected chi connectivity index (χ0v) is 12.0. The summed E-state index contributed by atoms with van der Waals surface area (Å²) in [5, 5.41) is 14.4. The number of aryl methyl sites for hydroxylation is 2. The predicted octanol–water partition coefficient (Wildman–Crippen LogP) is 2.32. The van der Waals surface area contributed by atoms with Crippen molar-refractivity contribution in [3.63, 3.8) is 0 Å². The summed E-state index contributed by atoms with van der Waals surface area (Å²) in [7, 11) is 1.77. The molecule has 7 nitrogen and oxygen atoms in total. The van der Waals surface area contributed by atoms with Crippen LogP contribution in [-0.2, 0) is 13.5 Å². The molecule has 0 radical (unpaired) electrons. The van der Waals surface area contributed by atoms with Crippen molar-refractivity contribution in [2.24, 2.45) is 7.05 Å². The molecule has 21 heavy (non-hydrogen) atoms. The Morgan fingerprint density at radius 2 is 2.29 bits per heavy atom. The molecule has 1 unspecified atom stereocenters. The van der Waals surface area contributed by atoms with Gasteiger partial charge < -0.3 is 21.2 Å². The molecule has 1 aromatic heterocycles. The summed E-state index contributed by atoms with van der Waals surface area (Å²) in [5.74, 6) is 0.936. The van der Waals surface area contributed by atoms with Crippen LogP contribution in [0.2, 0.25) is 0 Å². The summed E-state index contributed by atoms with van der Waals surface area (Å²) in [5.41, 5.74) is 8.90. The Kier molecular flexibility index (Phi) is 3.04. The third-order valence-corrected chi connectivity index (χ3v) is 4.03. The Morgan fingerprint density at radius 1 is 1.52 bits per heavy atom. The lowest BCUT2D eigenvalue weighted by atomic mass is 10.1. The van der Waals surface area contributed by atoms with E-state index in [1.165, 1.54) is 5.56 Å². The monoisotopic (exact) mass is 287 g/mol. The van der Waals surface area contributed by atoms with E-state index in [4.69, 9.17) is 5.73 Å². The Bertz CT molecular complexity index is 722. The van der Waals surface area contributed by atoms with Crippen LogP contribution in [0.25, 0.3) is 0 Å². The number of benzene rings is 1. The number of aromatic nitrogens is 2. The number of nitrogen functional groups attached to an aromatic ring is 1. The Morgan fingerprint density at radius 3 is 3.00 bits per heavy atom. The molecule has 110 valence electrons.